The second-order valence-electron chi connectivity index (χ2n) is 4.32. The number of carboxylic acids is 1. The van der Waals surface area contributed by atoms with Gasteiger partial charge in [0.1, 0.15) is 16.9 Å². The van der Waals surface area contributed by atoms with E-state index in [0.717, 1.165) is 5.55 Å². The van der Waals surface area contributed by atoms with Gasteiger partial charge in [-0.2, -0.15) is 0 Å². The number of carbonyl (C=O) groups is 1. The number of rotatable bonds is 3. The molecule has 0 amide bonds. The van der Waals surface area contributed by atoms with Gasteiger partial charge in [0, 0.05) is 6.07 Å². The zero-order valence-corrected chi connectivity index (χ0v) is 11.3. The number of ether oxygens (including phenoxy) is 1. The van der Waals surface area contributed by atoms with Gasteiger partial charge in [0.25, 0.3) is 0 Å². The minimum Gasteiger partial charge on any atom is -0.478 e. The summed E-state index contributed by atoms with van der Waals surface area (Å²) in [6.07, 6.45) is 0. The van der Waals surface area contributed by atoms with Crippen LogP contribution in [0.5, 0.6) is 5.75 Å². The van der Waals surface area contributed by atoms with Crippen LogP contribution in [0.4, 0.5) is 0 Å². The Labute approximate surface area is 123 Å². The highest BCUT2D eigenvalue weighted by molar-refractivity contribution is 7.78. The van der Waals surface area contributed by atoms with Crippen molar-refractivity contribution in [3.8, 4) is 5.75 Å². The molecule has 104 valence electrons. The van der Waals surface area contributed by atoms with Gasteiger partial charge >= 0.3 is 5.97 Å². The lowest BCUT2D eigenvalue weighted by Gasteiger charge is -2.04. The van der Waals surface area contributed by atoms with E-state index in [1.165, 1.54) is 18.2 Å². The molecule has 0 aliphatic heterocycles. The number of aromatic carboxylic acids is 1. The summed E-state index contributed by atoms with van der Waals surface area (Å²) in [5.74, 6) is -0.636. The van der Waals surface area contributed by atoms with Crippen LogP contribution < -0.4 is 10.2 Å². The van der Waals surface area contributed by atoms with Gasteiger partial charge in [-0.1, -0.05) is 0 Å². The van der Waals surface area contributed by atoms with Crippen molar-refractivity contribution in [2.24, 2.45) is 0 Å². The lowest BCUT2D eigenvalue weighted by atomic mass is 10.1. The Bertz CT molecular complexity index is 942. The van der Waals surface area contributed by atoms with Crippen LogP contribution in [0, 0.1) is 0 Å². The molecule has 0 bridgehead atoms. The van der Waals surface area contributed by atoms with Gasteiger partial charge in [-0.25, -0.2) is 4.79 Å². The number of fused-ring (bicyclic) bond motifs is 2. The standard InChI is InChI=1S/C15H8O5S/c16-14-10-3-2-9(19-7-21)6-13(10)20-12-4-1-8(15(17)18)5-11(12)14/h1-7H,(H,17,18). The highest BCUT2D eigenvalue weighted by Gasteiger charge is 2.11. The van der Waals surface area contributed by atoms with Crippen LogP contribution in [-0.2, 0) is 0 Å². The molecular weight excluding hydrogens is 292 g/mol. The lowest BCUT2D eigenvalue weighted by Crippen LogP contribution is -2.04. The first kappa shape index (κ1) is 13.3. The summed E-state index contributed by atoms with van der Waals surface area (Å²) >= 11 is 4.60. The highest BCUT2D eigenvalue weighted by Crippen LogP contribution is 2.23. The molecule has 21 heavy (non-hydrogen) atoms. The van der Waals surface area contributed by atoms with E-state index in [-0.39, 0.29) is 16.4 Å². The summed E-state index contributed by atoms with van der Waals surface area (Å²) in [6.45, 7) is 0. The number of hydrogen-bond donors (Lipinski definition) is 1. The summed E-state index contributed by atoms with van der Waals surface area (Å²) in [5, 5.41) is 9.56. The largest absolute Gasteiger partial charge is 0.478 e. The van der Waals surface area contributed by atoms with E-state index in [2.05, 4.69) is 12.2 Å². The second-order valence-corrected chi connectivity index (χ2v) is 4.51. The quantitative estimate of drug-likeness (QED) is 0.592. The molecule has 2 aromatic carbocycles. The van der Waals surface area contributed by atoms with Crippen molar-refractivity contribution in [1.29, 1.82) is 0 Å². The van der Waals surface area contributed by atoms with Gasteiger partial charge in [0.2, 0.25) is 5.43 Å². The lowest BCUT2D eigenvalue weighted by molar-refractivity contribution is 0.0697. The van der Waals surface area contributed by atoms with E-state index in [1.807, 2.05) is 0 Å². The maximum atomic E-state index is 12.4. The van der Waals surface area contributed by atoms with Crippen LogP contribution in [-0.4, -0.2) is 16.6 Å². The van der Waals surface area contributed by atoms with Crippen LogP contribution in [0.15, 0.2) is 45.6 Å². The van der Waals surface area contributed by atoms with E-state index < -0.39 is 5.97 Å². The fraction of sp³-hybridized carbons (Fsp3) is 0. The molecule has 1 heterocycles. The molecule has 5 nitrogen and oxygen atoms in total. The third-order valence-electron chi connectivity index (χ3n) is 3.07. The SMILES string of the molecule is O=C(O)c1ccc2oc3cc(OC=S)ccc3c(=O)c2c1. The molecule has 3 aromatic rings. The normalized spacial score (nSPS) is 10.7. The smallest absolute Gasteiger partial charge is 0.335 e. The average Bonchev–Trinajstić information content (AvgIpc) is 2.47. The van der Waals surface area contributed by atoms with Crippen LogP contribution in [0.2, 0.25) is 0 Å². The van der Waals surface area contributed by atoms with Crippen molar-refractivity contribution in [2.45, 2.75) is 0 Å². The van der Waals surface area contributed by atoms with Crippen molar-refractivity contribution in [2.75, 3.05) is 0 Å². The summed E-state index contributed by atoms with van der Waals surface area (Å²) < 4.78 is 10.7. The van der Waals surface area contributed by atoms with Crippen LogP contribution in [0.25, 0.3) is 21.9 Å². The number of hydrogen-bond acceptors (Lipinski definition) is 5. The van der Waals surface area contributed by atoms with Crippen molar-refractivity contribution in [1.82, 2.24) is 0 Å². The molecule has 0 radical (unpaired) electrons. The summed E-state index contributed by atoms with van der Waals surface area (Å²) in [7, 11) is 0. The molecule has 3 rings (SSSR count). The summed E-state index contributed by atoms with van der Waals surface area (Å²) in [4.78, 5) is 23.4. The Balaban J connectivity index is 2.34. The van der Waals surface area contributed by atoms with E-state index in [4.69, 9.17) is 14.3 Å². The number of carboxylic acid groups (broad SMARTS) is 1. The topological polar surface area (TPSA) is 76.7 Å². The summed E-state index contributed by atoms with van der Waals surface area (Å²) in [5.41, 5.74) is 1.53. The minimum atomic E-state index is -1.10. The third-order valence-corrected chi connectivity index (χ3v) is 3.17. The molecule has 0 saturated heterocycles. The van der Waals surface area contributed by atoms with E-state index in [0.29, 0.717) is 22.3 Å². The van der Waals surface area contributed by atoms with Crippen LogP contribution in [0.1, 0.15) is 10.4 Å². The Morgan fingerprint density at radius 1 is 1.14 bits per heavy atom. The van der Waals surface area contributed by atoms with E-state index in [9.17, 15) is 9.59 Å². The van der Waals surface area contributed by atoms with Crippen molar-refractivity contribution >= 4 is 45.7 Å². The predicted molar refractivity (Wildman–Crippen MR) is 81.2 cm³/mol. The van der Waals surface area contributed by atoms with Crippen LogP contribution >= 0.6 is 12.2 Å². The molecule has 0 atom stereocenters. The van der Waals surface area contributed by atoms with E-state index >= 15 is 0 Å². The minimum absolute atomic E-state index is 0.0369. The van der Waals surface area contributed by atoms with Gasteiger partial charge in [0.05, 0.1) is 16.3 Å². The number of benzene rings is 2. The van der Waals surface area contributed by atoms with Crippen molar-refractivity contribution in [3.63, 3.8) is 0 Å². The van der Waals surface area contributed by atoms with Gasteiger partial charge in [0.15, 0.2) is 5.55 Å². The Morgan fingerprint density at radius 2 is 1.95 bits per heavy atom. The molecule has 1 N–H and O–H groups in total. The third kappa shape index (κ3) is 2.25. The molecule has 1 aromatic heterocycles. The highest BCUT2D eigenvalue weighted by atomic mass is 32.1. The van der Waals surface area contributed by atoms with Gasteiger partial charge < -0.3 is 14.3 Å². The van der Waals surface area contributed by atoms with Gasteiger partial charge in [-0.05, 0) is 42.5 Å². The van der Waals surface area contributed by atoms with Crippen LogP contribution in [0.3, 0.4) is 0 Å². The molecule has 0 aliphatic rings. The first-order valence-electron chi connectivity index (χ1n) is 5.94. The first-order valence-corrected chi connectivity index (χ1v) is 6.41. The Morgan fingerprint density at radius 3 is 2.67 bits per heavy atom. The maximum Gasteiger partial charge on any atom is 0.335 e. The Kier molecular flexibility index (Phi) is 3.15. The monoisotopic (exact) mass is 300 g/mol. The molecule has 0 fully saturated rings. The fourth-order valence-corrected chi connectivity index (χ4v) is 2.21. The fourth-order valence-electron chi connectivity index (χ4n) is 2.10. The second kappa shape index (κ2) is 4.99. The molecule has 0 saturated carbocycles. The van der Waals surface area contributed by atoms with Crippen molar-refractivity contribution < 1.29 is 19.1 Å². The van der Waals surface area contributed by atoms with Gasteiger partial charge in [-0.3, -0.25) is 4.79 Å². The molecular formula is C15H8O5S. The summed E-state index contributed by atoms with van der Waals surface area (Å²) in [6, 6.07) is 8.87. The molecule has 0 spiro atoms. The zero-order valence-electron chi connectivity index (χ0n) is 10.5. The van der Waals surface area contributed by atoms with Gasteiger partial charge in [-0.15, -0.1) is 0 Å². The first-order chi connectivity index (χ1) is 10.1. The molecule has 6 heteroatoms. The van der Waals surface area contributed by atoms with E-state index in [1.54, 1.807) is 18.2 Å². The Hall–Kier alpha value is -2.73. The molecule has 0 aliphatic carbocycles. The predicted octanol–water partition coefficient (Wildman–Crippen LogP) is 2.98. The average molecular weight is 300 g/mol. The number of thiocarbonyl (C=S) groups is 1. The van der Waals surface area contributed by atoms with Crippen molar-refractivity contribution in [3.05, 3.63) is 52.2 Å². The zero-order chi connectivity index (χ0) is 15.0. The molecule has 0 unspecified atom stereocenters. The maximum absolute atomic E-state index is 12.4.